The van der Waals surface area contributed by atoms with Gasteiger partial charge in [-0.3, -0.25) is 19.7 Å². The molecule has 4 rings (SSSR count). The first kappa shape index (κ1) is 27.8. The topological polar surface area (TPSA) is 169 Å². The number of nitrogens with one attached hydrogen (secondary N) is 4. The van der Waals surface area contributed by atoms with Gasteiger partial charge >= 0.3 is 5.97 Å². The number of rotatable bonds is 11. The Morgan fingerprint density at radius 2 is 1.95 bits per heavy atom. The average molecular weight is 556 g/mol. The first-order chi connectivity index (χ1) is 18.6. The van der Waals surface area contributed by atoms with Crippen LogP contribution in [0.4, 0.5) is 11.6 Å². The lowest BCUT2D eigenvalue weighted by atomic mass is 10.0. The molecule has 39 heavy (non-hydrogen) atoms. The molecule has 0 bridgehead atoms. The Hall–Kier alpha value is -4.23. The third kappa shape index (κ3) is 7.21. The molecule has 4 N–H and O–H groups in total. The van der Waals surface area contributed by atoms with Crippen molar-refractivity contribution >= 4 is 39.4 Å². The number of hydrogen-bond donors (Lipinski definition) is 4. The molecule has 206 valence electrons. The van der Waals surface area contributed by atoms with Gasteiger partial charge in [-0.2, -0.15) is 4.72 Å². The predicted octanol–water partition coefficient (Wildman–Crippen LogP) is 2.29. The molecule has 2 atom stereocenters. The Morgan fingerprint density at radius 1 is 1.18 bits per heavy atom. The van der Waals surface area contributed by atoms with Crippen LogP contribution in [0.1, 0.15) is 30.9 Å². The quantitative estimate of drug-likeness (QED) is 0.261. The Kier molecular flexibility index (Phi) is 8.62. The molecule has 0 radical (unpaired) electrons. The van der Waals surface area contributed by atoms with Crippen molar-refractivity contribution < 1.29 is 32.3 Å². The zero-order valence-electron chi connectivity index (χ0n) is 21.4. The number of fused-ring (bicyclic) bond motifs is 1. The van der Waals surface area contributed by atoms with Crippen LogP contribution in [0.3, 0.4) is 0 Å². The Balaban J connectivity index is 1.43. The second-order valence-corrected chi connectivity index (χ2v) is 10.6. The van der Waals surface area contributed by atoms with Gasteiger partial charge in [0.15, 0.2) is 6.10 Å². The largest absolute Gasteiger partial charge is 0.478 e. The lowest BCUT2D eigenvalue weighted by Gasteiger charge is -2.26. The molecule has 12 nitrogen and oxygen atoms in total. The average Bonchev–Trinajstić information content (AvgIpc) is 3.40. The third-order valence-corrected chi connectivity index (χ3v) is 7.38. The Bertz CT molecular complexity index is 1440. The van der Waals surface area contributed by atoms with E-state index in [4.69, 9.17) is 9.47 Å². The van der Waals surface area contributed by atoms with E-state index in [0.717, 1.165) is 5.56 Å². The first-order valence-electron chi connectivity index (χ1n) is 12.3. The number of benzene rings is 2. The summed E-state index contributed by atoms with van der Waals surface area (Å²) in [5.41, 5.74) is 1.84. The molecule has 2 amide bonds. The minimum absolute atomic E-state index is 0.0244. The fraction of sp³-hybridized carbons (Fsp3) is 0.308. The zero-order chi connectivity index (χ0) is 28.0. The lowest BCUT2D eigenvalue weighted by molar-refractivity contribution is -0.145. The van der Waals surface area contributed by atoms with Crippen LogP contribution in [-0.4, -0.2) is 54.9 Å². The summed E-state index contributed by atoms with van der Waals surface area (Å²) in [6, 6.07) is 9.96. The first-order valence-corrected chi connectivity index (χ1v) is 13.8. The molecule has 3 aromatic rings. The van der Waals surface area contributed by atoms with Gasteiger partial charge in [0.05, 0.1) is 17.2 Å². The smallest absolute Gasteiger partial charge is 0.324 e. The van der Waals surface area contributed by atoms with Gasteiger partial charge in [0.25, 0.3) is 5.91 Å². The van der Waals surface area contributed by atoms with E-state index < -0.39 is 34.0 Å². The number of esters is 1. The highest BCUT2D eigenvalue weighted by Gasteiger charge is 2.30. The maximum absolute atomic E-state index is 12.9. The van der Waals surface area contributed by atoms with Crippen molar-refractivity contribution in [2.24, 2.45) is 0 Å². The van der Waals surface area contributed by atoms with Crippen LogP contribution >= 0.6 is 0 Å². The molecule has 0 saturated carbocycles. The number of hydrogen-bond acceptors (Lipinski definition) is 8. The molecule has 1 aliphatic rings. The molecule has 2 aromatic carbocycles. The van der Waals surface area contributed by atoms with E-state index in [-0.39, 0.29) is 36.7 Å². The molecular weight excluding hydrogens is 526 g/mol. The zero-order valence-corrected chi connectivity index (χ0v) is 22.2. The standard InChI is InChI=1S/C26H29N5O7S/c1-3-37-25(34)20(31-39(35,36)18-7-4-16(2)5-8-18)15-17-6-9-21-19(14-17)29-24(33)22(38-21)10-11-23(32)30-26-27-12-13-28-26/h4-9,12-14,20,22,31H,3,10-11,15H2,1-2H3,(H,29,33)(H2,27,28,30,32)/t20-,22+/m0/s1. The number of aryl methyl sites for hydroxylation is 1. The van der Waals surface area contributed by atoms with Crippen molar-refractivity contribution in [2.45, 2.75) is 50.2 Å². The molecule has 1 aromatic heterocycles. The second kappa shape index (κ2) is 12.1. The summed E-state index contributed by atoms with van der Waals surface area (Å²) in [7, 11) is -4.01. The number of H-pyrrole nitrogens is 1. The van der Waals surface area contributed by atoms with Crippen molar-refractivity contribution in [3.8, 4) is 5.75 Å². The normalized spacial score (nSPS) is 15.4. The van der Waals surface area contributed by atoms with Crippen LogP contribution < -0.4 is 20.1 Å². The number of sulfonamides is 1. The van der Waals surface area contributed by atoms with Crippen LogP contribution in [0, 0.1) is 6.92 Å². The van der Waals surface area contributed by atoms with Crippen molar-refractivity contribution in [3.05, 3.63) is 66.0 Å². The number of imidazole rings is 1. The number of ether oxygens (including phenoxy) is 2. The fourth-order valence-corrected chi connectivity index (χ4v) is 5.11. The van der Waals surface area contributed by atoms with Crippen molar-refractivity contribution in [1.29, 1.82) is 0 Å². The van der Waals surface area contributed by atoms with Crippen LogP contribution in [-0.2, 0) is 35.6 Å². The number of carbonyl (C=O) groups is 3. The molecule has 2 heterocycles. The van der Waals surface area contributed by atoms with Gasteiger partial charge in [-0.25, -0.2) is 13.4 Å². The highest BCUT2D eigenvalue weighted by atomic mass is 32.2. The summed E-state index contributed by atoms with van der Waals surface area (Å²) >= 11 is 0. The van der Waals surface area contributed by atoms with Gasteiger partial charge in [-0.1, -0.05) is 23.8 Å². The van der Waals surface area contributed by atoms with E-state index >= 15 is 0 Å². The highest BCUT2D eigenvalue weighted by Crippen LogP contribution is 2.32. The van der Waals surface area contributed by atoms with E-state index in [0.29, 0.717) is 22.9 Å². The number of amides is 2. The van der Waals surface area contributed by atoms with Gasteiger partial charge in [-0.05, 0) is 50.1 Å². The molecule has 1 aliphatic heterocycles. The summed E-state index contributed by atoms with van der Waals surface area (Å²) in [6.07, 6.45) is 2.36. The van der Waals surface area contributed by atoms with Crippen LogP contribution in [0.15, 0.2) is 59.8 Å². The summed E-state index contributed by atoms with van der Waals surface area (Å²) in [5, 5.41) is 5.35. The monoisotopic (exact) mass is 555 g/mol. The van der Waals surface area contributed by atoms with E-state index in [1.807, 2.05) is 6.92 Å². The third-order valence-electron chi connectivity index (χ3n) is 5.89. The molecule has 0 fully saturated rings. The number of nitrogens with zero attached hydrogens (tertiary/aromatic N) is 1. The van der Waals surface area contributed by atoms with Crippen LogP contribution in [0.25, 0.3) is 0 Å². The number of aromatic nitrogens is 2. The molecule has 0 unspecified atom stereocenters. The second-order valence-electron chi connectivity index (χ2n) is 8.89. The minimum atomic E-state index is -4.01. The number of anilines is 2. The van der Waals surface area contributed by atoms with E-state index in [1.54, 1.807) is 43.5 Å². The number of aromatic amines is 1. The fourth-order valence-electron chi connectivity index (χ4n) is 3.93. The molecule has 0 spiro atoms. The van der Waals surface area contributed by atoms with Crippen LogP contribution in [0.5, 0.6) is 5.75 Å². The maximum Gasteiger partial charge on any atom is 0.324 e. The summed E-state index contributed by atoms with van der Waals surface area (Å²) < 4.78 is 39.2. The SMILES string of the molecule is CCOC(=O)[C@H](Cc1ccc2c(c1)NC(=O)[C@@H](CCC(=O)Nc1ncc[nH]1)O2)NS(=O)(=O)c1ccc(C)cc1. The highest BCUT2D eigenvalue weighted by molar-refractivity contribution is 7.89. The van der Waals surface area contributed by atoms with Gasteiger partial charge in [0, 0.05) is 25.2 Å². The van der Waals surface area contributed by atoms with Crippen LogP contribution in [0.2, 0.25) is 0 Å². The van der Waals surface area contributed by atoms with Crippen molar-refractivity contribution in [2.75, 3.05) is 17.2 Å². The van der Waals surface area contributed by atoms with E-state index in [2.05, 4.69) is 25.3 Å². The van der Waals surface area contributed by atoms with Gasteiger partial charge in [-0.15, -0.1) is 0 Å². The van der Waals surface area contributed by atoms with Gasteiger partial charge in [0.1, 0.15) is 11.8 Å². The minimum Gasteiger partial charge on any atom is -0.478 e. The Morgan fingerprint density at radius 3 is 2.64 bits per heavy atom. The van der Waals surface area contributed by atoms with Gasteiger partial charge in [0.2, 0.25) is 21.9 Å². The maximum atomic E-state index is 12.9. The van der Waals surface area contributed by atoms with Gasteiger partial charge < -0.3 is 19.8 Å². The molecule has 13 heteroatoms. The summed E-state index contributed by atoms with van der Waals surface area (Å²) in [5.74, 6) is -0.760. The number of carbonyl (C=O) groups excluding carboxylic acids is 3. The van der Waals surface area contributed by atoms with E-state index in [1.165, 1.54) is 18.3 Å². The van der Waals surface area contributed by atoms with E-state index in [9.17, 15) is 22.8 Å². The summed E-state index contributed by atoms with van der Waals surface area (Å²) in [6.45, 7) is 3.55. The van der Waals surface area contributed by atoms with Crippen molar-refractivity contribution in [3.63, 3.8) is 0 Å². The molecule has 0 saturated heterocycles. The lowest BCUT2D eigenvalue weighted by Crippen LogP contribution is -2.43. The predicted molar refractivity (Wildman–Crippen MR) is 142 cm³/mol. The summed E-state index contributed by atoms with van der Waals surface area (Å²) in [4.78, 5) is 44.1. The molecule has 0 aliphatic carbocycles. The Labute approximate surface area is 225 Å². The van der Waals surface area contributed by atoms with Crippen molar-refractivity contribution in [1.82, 2.24) is 14.7 Å². The molecular formula is C26H29N5O7S.